The van der Waals surface area contributed by atoms with Crippen molar-refractivity contribution in [3.63, 3.8) is 0 Å². The number of esters is 2. The summed E-state index contributed by atoms with van der Waals surface area (Å²) < 4.78 is 26.5. The van der Waals surface area contributed by atoms with Crippen LogP contribution < -0.4 is 14.2 Å². The van der Waals surface area contributed by atoms with E-state index in [2.05, 4.69) is 0 Å². The van der Waals surface area contributed by atoms with Gasteiger partial charge in [0.05, 0.1) is 7.11 Å². The molecule has 2 aliphatic rings. The van der Waals surface area contributed by atoms with E-state index in [4.69, 9.17) is 23.7 Å². The van der Waals surface area contributed by atoms with Gasteiger partial charge in [-0.15, -0.1) is 0 Å². The number of carbonyl (C=O) groups is 2. The molecule has 2 atom stereocenters. The molecule has 0 amide bonds. The van der Waals surface area contributed by atoms with Crippen molar-refractivity contribution in [2.45, 2.75) is 26.1 Å². The Morgan fingerprint density at radius 2 is 2.04 bits per heavy atom. The summed E-state index contributed by atoms with van der Waals surface area (Å²) in [5.41, 5.74) is -0.566. The maximum absolute atomic E-state index is 12.3. The van der Waals surface area contributed by atoms with Gasteiger partial charge >= 0.3 is 11.9 Å². The molecule has 124 valence electrons. The maximum atomic E-state index is 12.3. The molecule has 2 aliphatic heterocycles. The minimum Gasteiger partial charge on any atom is -0.497 e. The van der Waals surface area contributed by atoms with Crippen LogP contribution in [0.3, 0.4) is 0 Å². The molecule has 1 aromatic carbocycles. The molecular formula is C16H18O7. The second-order valence-electron chi connectivity index (χ2n) is 6.14. The van der Waals surface area contributed by atoms with Gasteiger partial charge in [-0.25, -0.2) is 9.59 Å². The minimum atomic E-state index is -0.946. The molecule has 3 rings (SSSR count). The number of fused-ring (bicyclic) bond motifs is 1. The number of benzene rings is 1. The molecule has 0 bridgehead atoms. The van der Waals surface area contributed by atoms with E-state index in [1.54, 1.807) is 32.0 Å². The summed E-state index contributed by atoms with van der Waals surface area (Å²) in [5.74, 6) is 0.306. The summed E-state index contributed by atoms with van der Waals surface area (Å²) in [6.45, 7) is 3.83. The van der Waals surface area contributed by atoms with Crippen LogP contribution in [0.4, 0.5) is 0 Å². The summed E-state index contributed by atoms with van der Waals surface area (Å²) in [7, 11) is 1.53. The van der Waals surface area contributed by atoms with Gasteiger partial charge < -0.3 is 23.7 Å². The Balaban J connectivity index is 1.70. The summed E-state index contributed by atoms with van der Waals surface area (Å²) in [4.78, 5) is 24.0. The Morgan fingerprint density at radius 3 is 2.70 bits per heavy atom. The molecule has 23 heavy (non-hydrogen) atoms. The van der Waals surface area contributed by atoms with Gasteiger partial charge in [0.2, 0.25) is 12.2 Å². The van der Waals surface area contributed by atoms with Gasteiger partial charge in [-0.2, -0.15) is 0 Å². The number of methoxy groups -OCH3 is 1. The Kier molecular flexibility index (Phi) is 3.79. The average Bonchev–Trinajstić information content (AvgIpc) is 2.80. The highest BCUT2D eigenvalue weighted by atomic mass is 16.6. The highest BCUT2D eigenvalue weighted by Gasteiger charge is 2.47. The Morgan fingerprint density at radius 1 is 1.26 bits per heavy atom. The van der Waals surface area contributed by atoms with Crippen molar-refractivity contribution in [2.24, 2.45) is 5.41 Å². The van der Waals surface area contributed by atoms with Crippen molar-refractivity contribution in [1.82, 2.24) is 0 Å². The zero-order chi connectivity index (χ0) is 16.6. The lowest BCUT2D eigenvalue weighted by Gasteiger charge is -2.28. The maximum Gasteiger partial charge on any atom is 0.351 e. The Labute approximate surface area is 133 Å². The van der Waals surface area contributed by atoms with Gasteiger partial charge in [0.25, 0.3) is 0 Å². The second kappa shape index (κ2) is 5.64. The molecule has 1 aromatic rings. The Hall–Kier alpha value is -2.44. The number of cyclic esters (lactones) is 1. The number of hydrogen-bond acceptors (Lipinski definition) is 7. The first-order valence-corrected chi connectivity index (χ1v) is 7.25. The lowest BCUT2D eigenvalue weighted by molar-refractivity contribution is -0.170. The fraction of sp³-hybridized carbons (Fsp3) is 0.500. The van der Waals surface area contributed by atoms with E-state index in [0.717, 1.165) is 0 Å². The molecular weight excluding hydrogens is 304 g/mol. The van der Waals surface area contributed by atoms with E-state index >= 15 is 0 Å². The molecule has 0 aromatic heterocycles. The van der Waals surface area contributed by atoms with Gasteiger partial charge in [-0.1, -0.05) is 13.8 Å². The smallest absolute Gasteiger partial charge is 0.351 e. The van der Waals surface area contributed by atoms with Crippen LogP contribution in [0, 0.1) is 5.41 Å². The molecule has 7 heteroatoms. The fourth-order valence-corrected chi connectivity index (χ4v) is 2.42. The third-order valence-corrected chi connectivity index (χ3v) is 3.82. The van der Waals surface area contributed by atoms with Crippen LogP contribution in [0.5, 0.6) is 17.2 Å². The zero-order valence-electron chi connectivity index (χ0n) is 13.2. The molecule has 0 aliphatic carbocycles. The summed E-state index contributed by atoms with van der Waals surface area (Å²) in [5, 5.41) is 0. The van der Waals surface area contributed by atoms with E-state index in [0.29, 0.717) is 17.2 Å². The van der Waals surface area contributed by atoms with Crippen LogP contribution in [0.2, 0.25) is 0 Å². The molecule has 7 nitrogen and oxygen atoms in total. The lowest BCUT2D eigenvalue weighted by atomic mass is 9.90. The SMILES string of the molecule is COc1ccc2c(c1)O[C@@H](C(=O)O[C@H]1C(=O)OCC1(C)C)CO2. The first kappa shape index (κ1) is 15.5. The second-order valence-corrected chi connectivity index (χ2v) is 6.14. The van der Waals surface area contributed by atoms with Crippen molar-refractivity contribution >= 4 is 11.9 Å². The number of ether oxygens (including phenoxy) is 5. The normalized spacial score (nSPS) is 24.7. The van der Waals surface area contributed by atoms with Gasteiger partial charge in [0.1, 0.15) is 19.0 Å². The third-order valence-electron chi connectivity index (χ3n) is 3.82. The average molecular weight is 322 g/mol. The van der Waals surface area contributed by atoms with E-state index in [-0.39, 0.29) is 13.2 Å². The van der Waals surface area contributed by atoms with Crippen molar-refractivity contribution in [3.8, 4) is 17.2 Å². The van der Waals surface area contributed by atoms with Gasteiger partial charge in [-0.3, -0.25) is 0 Å². The standard InChI is InChI=1S/C16H18O7/c1-16(2)8-21-15(18)13(16)23-14(17)12-7-20-10-5-4-9(19-3)6-11(10)22-12/h4-6,12-13H,7-8H2,1-3H3/t12-,13+/m1/s1. The van der Waals surface area contributed by atoms with Crippen molar-refractivity contribution in [3.05, 3.63) is 18.2 Å². The van der Waals surface area contributed by atoms with Crippen molar-refractivity contribution in [1.29, 1.82) is 0 Å². The monoisotopic (exact) mass is 322 g/mol. The Bertz CT molecular complexity index is 637. The minimum absolute atomic E-state index is 0.0142. The predicted octanol–water partition coefficient (Wildman–Crippen LogP) is 1.33. The van der Waals surface area contributed by atoms with Gasteiger partial charge in [0, 0.05) is 11.5 Å². The largest absolute Gasteiger partial charge is 0.497 e. The number of rotatable bonds is 3. The molecule has 1 fully saturated rings. The van der Waals surface area contributed by atoms with Crippen LogP contribution >= 0.6 is 0 Å². The highest BCUT2D eigenvalue weighted by Crippen LogP contribution is 2.36. The quantitative estimate of drug-likeness (QED) is 0.777. The summed E-state index contributed by atoms with van der Waals surface area (Å²) >= 11 is 0. The first-order chi connectivity index (χ1) is 10.9. The molecule has 1 saturated heterocycles. The van der Waals surface area contributed by atoms with E-state index < -0.39 is 29.6 Å². The number of carbonyl (C=O) groups excluding carboxylic acids is 2. The molecule has 0 spiro atoms. The number of hydrogen-bond donors (Lipinski definition) is 0. The highest BCUT2D eigenvalue weighted by molar-refractivity contribution is 5.83. The zero-order valence-corrected chi connectivity index (χ0v) is 13.2. The van der Waals surface area contributed by atoms with Crippen LogP contribution in [-0.4, -0.2) is 44.5 Å². The van der Waals surface area contributed by atoms with E-state index in [9.17, 15) is 9.59 Å². The van der Waals surface area contributed by atoms with Crippen LogP contribution in [-0.2, 0) is 19.1 Å². The summed E-state index contributed by atoms with van der Waals surface area (Å²) in [6.07, 6.45) is -1.89. The lowest BCUT2D eigenvalue weighted by Crippen LogP contribution is -2.43. The van der Waals surface area contributed by atoms with E-state index in [1.165, 1.54) is 7.11 Å². The van der Waals surface area contributed by atoms with Crippen molar-refractivity contribution in [2.75, 3.05) is 20.3 Å². The van der Waals surface area contributed by atoms with Gasteiger partial charge in [0.15, 0.2) is 11.5 Å². The molecule has 0 saturated carbocycles. The molecule has 2 heterocycles. The predicted molar refractivity (Wildman–Crippen MR) is 77.5 cm³/mol. The van der Waals surface area contributed by atoms with Crippen LogP contribution in [0.15, 0.2) is 18.2 Å². The van der Waals surface area contributed by atoms with Gasteiger partial charge in [-0.05, 0) is 12.1 Å². The summed E-state index contributed by atoms with van der Waals surface area (Å²) in [6, 6.07) is 5.06. The first-order valence-electron chi connectivity index (χ1n) is 7.25. The molecule has 0 radical (unpaired) electrons. The fourth-order valence-electron chi connectivity index (χ4n) is 2.42. The van der Waals surface area contributed by atoms with Crippen LogP contribution in [0.1, 0.15) is 13.8 Å². The van der Waals surface area contributed by atoms with E-state index in [1.807, 2.05) is 0 Å². The topological polar surface area (TPSA) is 80.3 Å². The third kappa shape index (κ3) is 2.91. The van der Waals surface area contributed by atoms with Crippen LogP contribution in [0.25, 0.3) is 0 Å². The molecule has 0 N–H and O–H groups in total. The van der Waals surface area contributed by atoms with Crippen molar-refractivity contribution < 1.29 is 33.3 Å². The molecule has 0 unspecified atom stereocenters.